The monoisotopic (exact) mass is 356 g/mol. The molecule has 0 saturated carbocycles. The van der Waals surface area contributed by atoms with Crippen LogP contribution >= 0.6 is 0 Å². The normalized spacial score (nSPS) is 15.7. The van der Waals surface area contributed by atoms with E-state index in [1.807, 2.05) is 42.2 Å². The fourth-order valence-electron chi connectivity index (χ4n) is 3.37. The molecule has 2 aromatic carbocycles. The van der Waals surface area contributed by atoms with Gasteiger partial charge in [-0.1, -0.05) is 25.1 Å². The highest BCUT2D eigenvalue weighted by atomic mass is 19.1. The molecule has 5 heteroatoms. The van der Waals surface area contributed by atoms with Crippen LogP contribution in [0.25, 0.3) is 0 Å². The highest BCUT2D eigenvalue weighted by Crippen LogP contribution is 2.21. The van der Waals surface area contributed by atoms with E-state index in [-0.39, 0.29) is 17.6 Å². The van der Waals surface area contributed by atoms with E-state index in [2.05, 4.69) is 4.90 Å². The molecule has 0 aromatic heterocycles. The number of amides is 1. The number of hydrogen-bond donors (Lipinski definition) is 0. The van der Waals surface area contributed by atoms with Gasteiger partial charge in [-0.25, -0.2) is 4.39 Å². The van der Waals surface area contributed by atoms with Gasteiger partial charge in [-0.05, 0) is 42.3 Å². The Hall–Kier alpha value is -2.56. The zero-order chi connectivity index (χ0) is 18.5. The number of nitrogens with zero attached hydrogens (tertiary/aromatic N) is 2. The average molecular weight is 356 g/mol. The second-order valence-electron chi connectivity index (χ2n) is 6.71. The average Bonchev–Trinajstić information content (AvgIpc) is 2.69. The van der Waals surface area contributed by atoms with Gasteiger partial charge in [0, 0.05) is 37.8 Å². The number of rotatable bonds is 5. The molecule has 4 nitrogen and oxygen atoms in total. The van der Waals surface area contributed by atoms with Gasteiger partial charge in [0.15, 0.2) is 0 Å². The van der Waals surface area contributed by atoms with Gasteiger partial charge >= 0.3 is 0 Å². The molecule has 138 valence electrons. The van der Waals surface area contributed by atoms with E-state index >= 15 is 0 Å². The molecule has 1 saturated heterocycles. The molecule has 1 amide bonds. The molecule has 0 aliphatic carbocycles. The molecule has 26 heavy (non-hydrogen) atoms. The number of anilines is 1. The first-order chi connectivity index (χ1) is 12.6. The molecule has 1 atom stereocenters. The lowest BCUT2D eigenvalue weighted by molar-refractivity contribution is -0.135. The van der Waals surface area contributed by atoms with E-state index in [4.69, 9.17) is 4.74 Å². The van der Waals surface area contributed by atoms with Gasteiger partial charge in [0.1, 0.15) is 11.6 Å². The standard InChI is InChI=1S/C21H25FN2O2/c1-16(15-17-5-3-4-6-20(17)22)21(25)24-13-11-23(12-14-24)18-7-9-19(26-2)10-8-18/h3-10,16H,11-15H2,1-2H3. The summed E-state index contributed by atoms with van der Waals surface area (Å²) in [5, 5.41) is 0. The van der Waals surface area contributed by atoms with Crippen molar-refractivity contribution in [1.82, 2.24) is 4.90 Å². The second-order valence-corrected chi connectivity index (χ2v) is 6.71. The van der Waals surface area contributed by atoms with Crippen molar-refractivity contribution in [1.29, 1.82) is 0 Å². The Morgan fingerprint density at radius 2 is 1.73 bits per heavy atom. The van der Waals surface area contributed by atoms with E-state index in [1.54, 1.807) is 19.2 Å². The minimum atomic E-state index is -0.239. The first kappa shape index (κ1) is 18.2. The third-order valence-electron chi connectivity index (χ3n) is 4.93. The third kappa shape index (κ3) is 4.15. The predicted molar refractivity (Wildman–Crippen MR) is 101 cm³/mol. The van der Waals surface area contributed by atoms with Crippen LogP contribution in [0, 0.1) is 11.7 Å². The zero-order valence-corrected chi connectivity index (χ0v) is 15.3. The number of carbonyl (C=O) groups excluding carboxylic acids is 1. The van der Waals surface area contributed by atoms with Crippen molar-refractivity contribution in [3.8, 4) is 5.75 Å². The van der Waals surface area contributed by atoms with Crippen molar-refractivity contribution in [3.63, 3.8) is 0 Å². The minimum Gasteiger partial charge on any atom is -0.497 e. The maximum Gasteiger partial charge on any atom is 0.225 e. The van der Waals surface area contributed by atoms with Gasteiger partial charge in [0.05, 0.1) is 7.11 Å². The maximum atomic E-state index is 13.8. The van der Waals surface area contributed by atoms with Crippen molar-refractivity contribution < 1.29 is 13.9 Å². The molecule has 2 aromatic rings. The summed E-state index contributed by atoms with van der Waals surface area (Å²) < 4.78 is 19.0. The summed E-state index contributed by atoms with van der Waals surface area (Å²) in [4.78, 5) is 16.9. The summed E-state index contributed by atoms with van der Waals surface area (Å²) in [5.74, 6) is 0.475. The molecule has 3 rings (SSSR count). The van der Waals surface area contributed by atoms with Gasteiger partial charge in [0.25, 0.3) is 0 Å². The van der Waals surface area contributed by atoms with Gasteiger partial charge in [0.2, 0.25) is 5.91 Å². The zero-order valence-electron chi connectivity index (χ0n) is 15.3. The molecule has 1 aliphatic rings. The summed E-state index contributed by atoms with van der Waals surface area (Å²) in [6.45, 7) is 4.85. The quantitative estimate of drug-likeness (QED) is 0.824. The van der Waals surface area contributed by atoms with Crippen LogP contribution < -0.4 is 9.64 Å². The van der Waals surface area contributed by atoms with E-state index in [1.165, 1.54) is 6.07 Å². The fourth-order valence-corrected chi connectivity index (χ4v) is 3.37. The first-order valence-corrected chi connectivity index (χ1v) is 8.99. The number of hydrogen-bond acceptors (Lipinski definition) is 3. The number of carbonyl (C=O) groups is 1. The van der Waals surface area contributed by atoms with Gasteiger partial charge < -0.3 is 14.5 Å². The molecule has 1 heterocycles. The van der Waals surface area contributed by atoms with Crippen LogP contribution in [0.1, 0.15) is 12.5 Å². The van der Waals surface area contributed by atoms with Crippen LogP contribution in [-0.2, 0) is 11.2 Å². The van der Waals surface area contributed by atoms with Crippen LogP contribution in [0.4, 0.5) is 10.1 Å². The molecule has 1 aliphatic heterocycles. The fraction of sp³-hybridized carbons (Fsp3) is 0.381. The highest BCUT2D eigenvalue weighted by molar-refractivity contribution is 5.79. The van der Waals surface area contributed by atoms with Crippen LogP contribution in [0.3, 0.4) is 0 Å². The van der Waals surface area contributed by atoms with Crippen molar-refractivity contribution in [2.24, 2.45) is 5.92 Å². The Labute approximate surface area is 154 Å². The molecule has 0 spiro atoms. The predicted octanol–water partition coefficient (Wildman–Crippen LogP) is 3.36. The van der Waals surface area contributed by atoms with E-state index in [0.29, 0.717) is 25.1 Å². The summed E-state index contributed by atoms with van der Waals surface area (Å²) >= 11 is 0. The Bertz CT molecular complexity index is 740. The Kier molecular flexibility index (Phi) is 5.76. The molecule has 0 radical (unpaired) electrons. The van der Waals surface area contributed by atoms with E-state index in [9.17, 15) is 9.18 Å². The number of halogens is 1. The van der Waals surface area contributed by atoms with Gasteiger partial charge in [-0.2, -0.15) is 0 Å². The lowest BCUT2D eigenvalue weighted by atomic mass is 9.99. The lowest BCUT2D eigenvalue weighted by Crippen LogP contribution is -2.50. The van der Waals surface area contributed by atoms with Gasteiger partial charge in [-0.15, -0.1) is 0 Å². The number of piperazine rings is 1. The smallest absolute Gasteiger partial charge is 0.225 e. The van der Waals surface area contributed by atoms with Crippen molar-refractivity contribution in [3.05, 3.63) is 59.9 Å². The molecular weight excluding hydrogens is 331 g/mol. The minimum absolute atomic E-state index is 0.0997. The Morgan fingerprint density at radius 3 is 2.35 bits per heavy atom. The summed E-state index contributed by atoms with van der Waals surface area (Å²) in [6, 6.07) is 14.6. The van der Waals surface area contributed by atoms with Crippen LogP contribution in [-0.4, -0.2) is 44.1 Å². The maximum absolute atomic E-state index is 13.8. The van der Waals surface area contributed by atoms with Gasteiger partial charge in [-0.3, -0.25) is 4.79 Å². The number of ether oxygens (including phenoxy) is 1. The largest absolute Gasteiger partial charge is 0.497 e. The Morgan fingerprint density at radius 1 is 1.08 bits per heavy atom. The highest BCUT2D eigenvalue weighted by Gasteiger charge is 2.25. The Balaban J connectivity index is 1.55. The SMILES string of the molecule is COc1ccc(N2CCN(C(=O)C(C)Cc3ccccc3F)CC2)cc1. The molecule has 0 bridgehead atoms. The van der Waals surface area contributed by atoms with Crippen molar-refractivity contribution >= 4 is 11.6 Å². The molecule has 0 N–H and O–H groups in total. The van der Waals surface area contributed by atoms with Crippen LogP contribution in [0.15, 0.2) is 48.5 Å². The second kappa shape index (κ2) is 8.21. The lowest BCUT2D eigenvalue weighted by Gasteiger charge is -2.37. The topological polar surface area (TPSA) is 32.8 Å². The van der Waals surface area contributed by atoms with Crippen LogP contribution in [0.5, 0.6) is 5.75 Å². The number of benzene rings is 2. The van der Waals surface area contributed by atoms with E-state index < -0.39 is 0 Å². The van der Waals surface area contributed by atoms with E-state index in [0.717, 1.165) is 24.5 Å². The van der Waals surface area contributed by atoms with Crippen molar-refractivity contribution in [2.45, 2.75) is 13.3 Å². The summed E-state index contributed by atoms with van der Waals surface area (Å²) in [6.07, 6.45) is 0.435. The third-order valence-corrected chi connectivity index (χ3v) is 4.93. The molecule has 1 fully saturated rings. The van der Waals surface area contributed by atoms with Crippen LogP contribution in [0.2, 0.25) is 0 Å². The first-order valence-electron chi connectivity index (χ1n) is 8.99. The molecule has 1 unspecified atom stereocenters. The molecular formula is C21H25FN2O2. The number of methoxy groups -OCH3 is 1. The summed E-state index contributed by atoms with van der Waals surface area (Å²) in [7, 11) is 1.65. The van der Waals surface area contributed by atoms with Crippen molar-refractivity contribution in [2.75, 3.05) is 38.2 Å². The summed E-state index contributed by atoms with van der Waals surface area (Å²) in [5.41, 5.74) is 1.74.